The highest BCUT2D eigenvalue weighted by Gasteiger charge is 2.39. The molecule has 0 radical (unpaired) electrons. The van der Waals surface area contributed by atoms with E-state index in [1.54, 1.807) is 20.8 Å². The highest BCUT2D eigenvalue weighted by molar-refractivity contribution is 7.90. The number of amides is 2. The minimum absolute atomic E-state index is 0.00446. The normalized spacial score (nSPS) is 26.4. The number of nitrogens with one attached hydrogen (secondary N) is 2. The summed E-state index contributed by atoms with van der Waals surface area (Å²) in [7, 11) is -3.60. The average molecular weight is 613 g/mol. The molecule has 0 saturated heterocycles. The van der Waals surface area contributed by atoms with Crippen molar-refractivity contribution >= 4 is 21.8 Å². The van der Waals surface area contributed by atoms with Crippen LogP contribution in [0.25, 0.3) is 0 Å². The van der Waals surface area contributed by atoms with Crippen LogP contribution in [-0.2, 0) is 19.6 Å². The summed E-state index contributed by atoms with van der Waals surface area (Å²) in [6.45, 7) is 10.8. The summed E-state index contributed by atoms with van der Waals surface area (Å²) in [6.07, 6.45) is 11.1. The Morgan fingerprint density at radius 1 is 1.00 bits per heavy atom. The minimum Gasteiger partial charge on any atom is -0.393 e. The molecule has 11 heteroatoms. The Morgan fingerprint density at radius 3 is 2.12 bits per heavy atom. The summed E-state index contributed by atoms with van der Waals surface area (Å²) in [5.41, 5.74) is 0. The zero-order valence-electron chi connectivity index (χ0n) is 26.4. The summed E-state index contributed by atoms with van der Waals surface area (Å²) in [6, 6.07) is -0.618. The summed E-state index contributed by atoms with van der Waals surface area (Å²) < 4.78 is 25.0. The molecule has 10 nitrogen and oxygen atoms in total. The van der Waals surface area contributed by atoms with Crippen LogP contribution in [0.5, 0.6) is 0 Å². The molecule has 2 rings (SSSR count). The van der Waals surface area contributed by atoms with Crippen molar-refractivity contribution < 1.29 is 28.2 Å². The molecule has 242 valence electrons. The minimum atomic E-state index is -3.60. The van der Waals surface area contributed by atoms with Crippen LogP contribution < -0.4 is 10.1 Å². The summed E-state index contributed by atoms with van der Waals surface area (Å²) >= 11 is 0. The van der Waals surface area contributed by atoms with E-state index < -0.39 is 33.3 Å². The first-order valence-corrected chi connectivity index (χ1v) is 17.6. The van der Waals surface area contributed by atoms with Crippen molar-refractivity contribution in [1.29, 1.82) is 0 Å². The van der Waals surface area contributed by atoms with E-state index in [-0.39, 0.29) is 42.2 Å². The molecule has 2 amide bonds. The van der Waals surface area contributed by atoms with Crippen LogP contribution in [0, 0.1) is 36.0 Å². The highest BCUT2D eigenvalue weighted by Crippen LogP contribution is 2.35. The van der Waals surface area contributed by atoms with E-state index in [2.05, 4.69) is 16.1 Å². The van der Waals surface area contributed by atoms with Gasteiger partial charge in [-0.1, -0.05) is 20.8 Å². The fourth-order valence-electron chi connectivity index (χ4n) is 6.22. The quantitative estimate of drug-likeness (QED) is 0.155. The molecule has 5 atom stereocenters. The van der Waals surface area contributed by atoms with Crippen LogP contribution in [0.4, 0.5) is 0 Å². The van der Waals surface area contributed by atoms with Gasteiger partial charge < -0.3 is 20.4 Å². The third-order valence-corrected chi connectivity index (χ3v) is 10.6. The van der Waals surface area contributed by atoms with E-state index in [0.717, 1.165) is 25.7 Å². The Balaban J connectivity index is 2.21. The third-order valence-electron chi connectivity index (χ3n) is 8.82. The molecule has 0 heterocycles. The average Bonchev–Trinajstić information content (AvgIpc) is 2.96. The Morgan fingerprint density at radius 2 is 1.60 bits per heavy atom. The maximum Gasteiger partial charge on any atom is 0.226 e. The molecule has 2 aliphatic carbocycles. The summed E-state index contributed by atoms with van der Waals surface area (Å²) in [4.78, 5) is 31.6. The summed E-state index contributed by atoms with van der Waals surface area (Å²) in [5.74, 6) is 1.88. The van der Waals surface area contributed by atoms with Crippen molar-refractivity contribution in [3.8, 4) is 12.3 Å². The van der Waals surface area contributed by atoms with E-state index in [1.165, 1.54) is 5.01 Å². The first kappa shape index (κ1) is 36.5. The van der Waals surface area contributed by atoms with Crippen LogP contribution in [0.2, 0.25) is 0 Å². The number of hydrogen-bond acceptors (Lipinski definition) is 7. The lowest BCUT2D eigenvalue weighted by molar-refractivity contribution is -0.139. The standard InChI is InChI=1S/C31H56N4O6S/c1-7-15-34(16-8-2)31(39)26-18-23(9-3)17-25(20-26)30(38)32-28(19-24-11-13-27(36)14-12-24)29(37)21-35(10-4)33-42(40,41)22(5)6/h3,22-29,33,36-37H,7-8,10-21H2,1-2,4-6H3,(H,32,38). The monoisotopic (exact) mass is 612 g/mol. The lowest BCUT2D eigenvalue weighted by atomic mass is 9.74. The predicted octanol–water partition coefficient (Wildman–Crippen LogP) is 2.65. The third kappa shape index (κ3) is 11.1. The number of hydrazine groups is 1. The van der Waals surface area contributed by atoms with Crippen molar-refractivity contribution in [2.24, 2.45) is 23.7 Å². The van der Waals surface area contributed by atoms with E-state index >= 15 is 0 Å². The van der Waals surface area contributed by atoms with Gasteiger partial charge >= 0.3 is 0 Å². The zero-order chi connectivity index (χ0) is 31.4. The van der Waals surface area contributed by atoms with Gasteiger partial charge in [0.05, 0.1) is 23.5 Å². The van der Waals surface area contributed by atoms with Crippen LogP contribution in [0.1, 0.15) is 98.8 Å². The number of hydrogen-bond donors (Lipinski definition) is 4. The number of sulfonamides is 1. The van der Waals surface area contributed by atoms with Crippen LogP contribution in [0.15, 0.2) is 0 Å². The Bertz CT molecular complexity index is 986. The molecule has 0 spiro atoms. The van der Waals surface area contributed by atoms with Crippen molar-refractivity contribution in [2.75, 3.05) is 26.2 Å². The molecule has 0 aliphatic heterocycles. The Kier molecular flexibility index (Phi) is 15.2. The fraction of sp³-hybridized carbons (Fsp3) is 0.871. The van der Waals surface area contributed by atoms with E-state index in [4.69, 9.17) is 6.42 Å². The van der Waals surface area contributed by atoms with Crippen molar-refractivity contribution in [1.82, 2.24) is 20.1 Å². The molecule has 2 saturated carbocycles. The molecule has 5 unspecified atom stereocenters. The number of aliphatic hydroxyl groups is 2. The molecule has 0 aromatic rings. The number of rotatable bonds is 16. The largest absolute Gasteiger partial charge is 0.393 e. The van der Waals surface area contributed by atoms with Crippen molar-refractivity contribution in [2.45, 2.75) is 122 Å². The van der Waals surface area contributed by atoms with Gasteiger partial charge in [0.2, 0.25) is 21.8 Å². The van der Waals surface area contributed by atoms with Gasteiger partial charge in [-0.05, 0) is 84.0 Å². The molecule has 0 aromatic carbocycles. The lowest BCUT2D eigenvalue weighted by Gasteiger charge is -2.37. The first-order chi connectivity index (χ1) is 19.8. The molecule has 2 fully saturated rings. The number of carbonyl (C=O) groups is 2. The zero-order valence-corrected chi connectivity index (χ0v) is 27.2. The van der Waals surface area contributed by atoms with Crippen LogP contribution in [-0.4, -0.2) is 90.0 Å². The second-order valence-corrected chi connectivity index (χ2v) is 14.8. The van der Waals surface area contributed by atoms with Gasteiger partial charge in [-0.2, -0.15) is 0 Å². The number of aliphatic hydroxyl groups excluding tert-OH is 2. The smallest absolute Gasteiger partial charge is 0.226 e. The molecular weight excluding hydrogens is 556 g/mol. The SMILES string of the molecule is C#CC1CC(C(=O)NC(CC2CCC(O)CC2)C(O)CN(CC)NS(=O)(=O)C(C)C)CC(C(=O)N(CCC)CCC)C1. The van der Waals surface area contributed by atoms with Crippen molar-refractivity contribution in [3.05, 3.63) is 0 Å². The van der Waals surface area contributed by atoms with Crippen LogP contribution >= 0.6 is 0 Å². The second kappa shape index (κ2) is 17.6. The van der Waals surface area contributed by atoms with E-state index in [9.17, 15) is 28.2 Å². The number of nitrogens with zero attached hydrogens (tertiary/aromatic N) is 2. The Hall–Kier alpha value is -1.71. The molecule has 2 aliphatic rings. The van der Waals surface area contributed by atoms with Crippen molar-refractivity contribution in [3.63, 3.8) is 0 Å². The number of terminal acetylenes is 1. The topological polar surface area (TPSA) is 139 Å². The van der Waals surface area contributed by atoms with E-state index in [1.807, 2.05) is 18.7 Å². The highest BCUT2D eigenvalue weighted by atomic mass is 32.2. The second-order valence-electron chi connectivity index (χ2n) is 12.6. The molecule has 0 aromatic heterocycles. The van der Waals surface area contributed by atoms with Crippen LogP contribution in [0.3, 0.4) is 0 Å². The molecule has 0 bridgehead atoms. The number of carbonyl (C=O) groups excluding carboxylic acids is 2. The summed E-state index contributed by atoms with van der Waals surface area (Å²) in [5, 5.41) is 25.3. The maximum absolute atomic E-state index is 13.8. The fourth-order valence-corrected chi connectivity index (χ4v) is 7.00. The number of likely N-dealkylation sites (N-methyl/N-ethyl adjacent to an activating group) is 1. The van der Waals surface area contributed by atoms with Gasteiger partial charge in [-0.3, -0.25) is 9.59 Å². The predicted molar refractivity (Wildman–Crippen MR) is 165 cm³/mol. The van der Waals surface area contributed by atoms with Gasteiger partial charge in [-0.15, -0.1) is 17.2 Å². The molecule has 4 N–H and O–H groups in total. The van der Waals surface area contributed by atoms with Gasteiger partial charge in [0.15, 0.2) is 0 Å². The molecule has 42 heavy (non-hydrogen) atoms. The van der Waals surface area contributed by atoms with Gasteiger partial charge in [-0.25, -0.2) is 13.4 Å². The maximum atomic E-state index is 13.8. The first-order valence-electron chi connectivity index (χ1n) is 16.0. The van der Waals surface area contributed by atoms with Gasteiger partial charge in [0, 0.05) is 43.9 Å². The van der Waals surface area contributed by atoms with Gasteiger partial charge in [0.1, 0.15) is 0 Å². The molecular formula is C31H56N4O6S. The van der Waals surface area contributed by atoms with Gasteiger partial charge in [0.25, 0.3) is 0 Å². The lowest BCUT2D eigenvalue weighted by Crippen LogP contribution is -2.55. The Labute approximate surface area is 254 Å². The van der Waals surface area contributed by atoms with E-state index in [0.29, 0.717) is 58.2 Å².